The third-order valence-corrected chi connectivity index (χ3v) is 2.07. The minimum atomic E-state index is -1.51. The second-order valence-electron chi connectivity index (χ2n) is 3.38. The summed E-state index contributed by atoms with van der Waals surface area (Å²) in [6, 6.07) is 5.95. The van der Waals surface area contributed by atoms with Gasteiger partial charge in [-0.15, -0.1) is 0 Å². The van der Waals surface area contributed by atoms with Crippen LogP contribution in [0.4, 0.5) is 0 Å². The van der Waals surface area contributed by atoms with Gasteiger partial charge in [0.15, 0.2) is 0 Å². The van der Waals surface area contributed by atoms with E-state index in [0.717, 1.165) is 0 Å². The molecule has 1 amide bonds. The van der Waals surface area contributed by atoms with E-state index < -0.39 is 17.7 Å². The van der Waals surface area contributed by atoms with Crippen LogP contribution in [0.5, 0.6) is 5.75 Å². The Balaban J connectivity index is 2.37. The number of carboxylic acid groups (broad SMARTS) is 1. The Labute approximate surface area is 102 Å². The number of amides is 1. The summed E-state index contributed by atoms with van der Waals surface area (Å²) < 4.78 is 0. The molecule has 1 rings (SSSR count). The molecule has 0 aliphatic carbocycles. The SMILES string of the molecule is O=C(O)C(=O)CCNNC(=O)c1ccccc1O. The van der Waals surface area contributed by atoms with E-state index in [9.17, 15) is 19.5 Å². The van der Waals surface area contributed by atoms with Crippen molar-refractivity contribution in [2.45, 2.75) is 6.42 Å². The molecule has 0 bridgehead atoms. The molecule has 0 saturated carbocycles. The quantitative estimate of drug-likeness (QED) is 0.313. The first-order chi connectivity index (χ1) is 8.52. The van der Waals surface area contributed by atoms with Crippen molar-refractivity contribution in [2.24, 2.45) is 0 Å². The Morgan fingerprint density at radius 1 is 1.17 bits per heavy atom. The number of ketones is 1. The molecule has 0 atom stereocenters. The van der Waals surface area contributed by atoms with Crippen molar-refractivity contribution in [1.29, 1.82) is 0 Å². The number of hydrogen-bond donors (Lipinski definition) is 4. The summed E-state index contributed by atoms with van der Waals surface area (Å²) in [5.41, 5.74) is 4.72. The van der Waals surface area contributed by atoms with Crippen LogP contribution < -0.4 is 10.9 Å². The van der Waals surface area contributed by atoms with E-state index in [1.54, 1.807) is 12.1 Å². The molecule has 7 heteroatoms. The van der Waals surface area contributed by atoms with Gasteiger partial charge < -0.3 is 10.2 Å². The normalized spacial score (nSPS) is 9.78. The second-order valence-corrected chi connectivity index (χ2v) is 3.38. The summed E-state index contributed by atoms with van der Waals surface area (Å²) in [5, 5.41) is 17.7. The fourth-order valence-corrected chi connectivity index (χ4v) is 1.16. The third-order valence-electron chi connectivity index (χ3n) is 2.07. The first-order valence-electron chi connectivity index (χ1n) is 5.09. The first kappa shape index (κ1) is 13.7. The minimum absolute atomic E-state index is 0.00946. The average molecular weight is 252 g/mol. The van der Waals surface area contributed by atoms with Gasteiger partial charge in [0.25, 0.3) is 5.91 Å². The van der Waals surface area contributed by atoms with Gasteiger partial charge in [-0.3, -0.25) is 15.0 Å². The van der Waals surface area contributed by atoms with Crippen molar-refractivity contribution >= 4 is 17.7 Å². The van der Waals surface area contributed by atoms with Gasteiger partial charge in [0.1, 0.15) is 5.75 Å². The number of carboxylic acids is 1. The molecule has 0 fully saturated rings. The molecule has 0 radical (unpaired) electrons. The molecule has 0 heterocycles. The molecule has 0 spiro atoms. The zero-order valence-corrected chi connectivity index (χ0v) is 9.34. The average Bonchev–Trinajstić information content (AvgIpc) is 2.34. The van der Waals surface area contributed by atoms with Crippen LogP contribution >= 0.6 is 0 Å². The predicted octanol–water partition coefficient (Wildman–Crippen LogP) is -0.330. The number of rotatable bonds is 6. The molecule has 7 nitrogen and oxygen atoms in total. The number of carbonyl (C=O) groups is 3. The maximum absolute atomic E-state index is 11.5. The molecule has 96 valence electrons. The van der Waals surface area contributed by atoms with Gasteiger partial charge in [-0.1, -0.05) is 12.1 Å². The lowest BCUT2D eigenvalue weighted by atomic mass is 10.2. The van der Waals surface area contributed by atoms with Crippen LogP contribution in [-0.4, -0.2) is 34.4 Å². The van der Waals surface area contributed by atoms with Crippen molar-refractivity contribution in [3.8, 4) is 5.75 Å². The van der Waals surface area contributed by atoms with Gasteiger partial charge in [0, 0.05) is 13.0 Å². The topological polar surface area (TPSA) is 116 Å². The molecule has 0 aliphatic heterocycles. The summed E-state index contributed by atoms with van der Waals surface area (Å²) in [5.74, 6) is -3.20. The van der Waals surface area contributed by atoms with Gasteiger partial charge in [-0.25, -0.2) is 10.2 Å². The number of hydrogen-bond acceptors (Lipinski definition) is 5. The highest BCUT2D eigenvalue weighted by atomic mass is 16.4. The smallest absolute Gasteiger partial charge is 0.372 e. The predicted molar refractivity (Wildman–Crippen MR) is 60.8 cm³/mol. The Morgan fingerprint density at radius 2 is 1.83 bits per heavy atom. The molecular formula is C11H12N2O5. The van der Waals surface area contributed by atoms with E-state index in [4.69, 9.17) is 5.11 Å². The summed E-state index contributed by atoms with van der Waals surface area (Å²) in [6.07, 6.45) is -0.240. The molecule has 1 aromatic carbocycles. The Morgan fingerprint density at radius 3 is 2.44 bits per heavy atom. The second kappa shape index (κ2) is 6.36. The standard InChI is InChI=1S/C11H12N2O5/c14-8-4-2-1-3-7(8)10(16)13-12-6-5-9(15)11(17)18/h1-4,12,14H,5-6H2,(H,13,16)(H,17,18). The molecule has 4 N–H and O–H groups in total. The molecule has 0 aliphatic rings. The number of phenols is 1. The van der Waals surface area contributed by atoms with Crippen molar-refractivity contribution in [3.63, 3.8) is 0 Å². The number of aliphatic carboxylic acids is 1. The van der Waals surface area contributed by atoms with E-state index in [2.05, 4.69) is 10.9 Å². The molecule has 0 aromatic heterocycles. The maximum Gasteiger partial charge on any atom is 0.372 e. The first-order valence-corrected chi connectivity index (χ1v) is 5.09. The zero-order chi connectivity index (χ0) is 13.5. The fraction of sp³-hybridized carbons (Fsp3) is 0.182. The van der Waals surface area contributed by atoms with Crippen LogP contribution in [0.3, 0.4) is 0 Å². The number of nitrogens with one attached hydrogen (secondary N) is 2. The third kappa shape index (κ3) is 3.87. The number of carbonyl (C=O) groups excluding carboxylic acids is 2. The monoisotopic (exact) mass is 252 g/mol. The lowest BCUT2D eigenvalue weighted by Gasteiger charge is -2.07. The fourth-order valence-electron chi connectivity index (χ4n) is 1.16. The summed E-state index contributed by atoms with van der Waals surface area (Å²) in [7, 11) is 0. The van der Waals surface area contributed by atoms with Crippen molar-refractivity contribution in [2.75, 3.05) is 6.54 Å². The summed E-state index contributed by atoms with van der Waals surface area (Å²) in [6.45, 7) is -0.00946. The maximum atomic E-state index is 11.5. The number of hydrazine groups is 1. The molecular weight excluding hydrogens is 240 g/mol. The Kier molecular flexibility index (Phi) is 4.82. The highest BCUT2D eigenvalue weighted by Crippen LogP contribution is 2.14. The van der Waals surface area contributed by atoms with E-state index in [1.807, 2.05) is 0 Å². The van der Waals surface area contributed by atoms with Crippen LogP contribution in [0.1, 0.15) is 16.8 Å². The lowest BCUT2D eigenvalue weighted by molar-refractivity contribution is -0.149. The van der Waals surface area contributed by atoms with Crippen molar-refractivity contribution < 1.29 is 24.6 Å². The molecule has 0 saturated heterocycles. The van der Waals surface area contributed by atoms with Crippen LogP contribution in [0.25, 0.3) is 0 Å². The van der Waals surface area contributed by atoms with Gasteiger partial charge >= 0.3 is 5.97 Å². The van der Waals surface area contributed by atoms with Crippen LogP contribution in [0, 0.1) is 0 Å². The number of aromatic hydroxyl groups is 1. The minimum Gasteiger partial charge on any atom is -0.507 e. The van der Waals surface area contributed by atoms with Crippen LogP contribution in [-0.2, 0) is 9.59 Å². The zero-order valence-electron chi connectivity index (χ0n) is 9.34. The van der Waals surface area contributed by atoms with E-state index in [0.29, 0.717) is 0 Å². The molecule has 1 aromatic rings. The number of para-hydroxylation sites is 1. The highest BCUT2D eigenvalue weighted by molar-refractivity contribution is 6.32. The van der Waals surface area contributed by atoms with Gasteiger partial charge in [-0.05, 0) is 12.1 Å². The van der Waals surface area contributed by atoms with Crippen LogP contribution in [0.2, 0.25) is 0 Å². The van der Waals surface area contributed by atoms with Crippen molar-refractivity contribution in [1.82, 2.24) is 10.9 Å². The highest BCUT2D eigenvalue weighted by Gasteiger charge is 2.12. The molecule has 0 unspecified atom stereocenters. The summed E-state index contributed by atoms with van der Waals surface area (Å²) >= 11 is 0. The lowest BCUT2D eigenvalue weighted by Crippen LogP contribution is -2.39. The van der Waals surface area contributed by atoms with Gasteiger partial charge in [-0.2, -0.15) is 0 Å². The largest absolute Gasteiger partial charge is 0.507 e. The number of Topliss-reactive ketones (excluding diaryl/α,β-unsaturated/α-hetero) is 1. The Hall–Kier alpha value is -2.41. The van der Waals surface area contributed by atoms with Crippen molar-refractivity contribution in [3.05, 3.63) is 29.8 Å². The number of benzene rings is 1. The number of phenolic OH excluding ortho intramolecular Hbond substituents is 1. The van der Waals surface area contributed by atoms with Gasteiger partial charge in [0.2, 0.25) is 5.78 Å². The van der Waals surface area contributed by atoms with E-state index in [-0.39, 0.29) is 24.3 Å². The van der Waals surface area contributed by atoms with Crippen LogP contribution in [0.15, 0.2) is 24.3 Å². The molecule has 18 heavy (non-hydrogen) atoms. The summed E-state index contributed by atoms with van der Waals surface area (Å²) in [4.78, 5) is 32.4. The van der Waals surface area contributed by atoms with Gasteiger partial charge in [0.05, 0.1) is 5.56 Å². The van der Waals surface area contributed by atoms with E-state index in [1.165, 1.54) is 12.1 Å². The van der Waals surface area contributed by atoms with E-state index >= 15 is 0 Å². The Bertz CT molecular complexity index is 472.